The van der Waals surface area contributed by atoms with E-state index >= 15 is 0 Å². The van der Waals surface area contributed by atoms with Crippen LogP contribution in [0.5, 0.6) is 0 Å². The Kier molecular flexibility index (Phi) is 2.95. The minimum atomic E-state index is -0.423. The van der Waals surface area contributed by atoms with Crippen LogP contribution in [-0.2, 0) is 4.74 Å². The summed E-state index contributed by atoms with van der Waals surface area (Å²) in [6, 6.07) is 7.67. The second-order valence-corrected chi connectivity index (χ2v) is 3.81. The Morgan fingerprint density at radius 2 is 1.88 bits per heavy atom. The van der Waals surface area contributed by atoms with Gasteiger partial charge in [0.2, 0.25) is 0 Å². The van der Waals surface area contributed by atoms with Gasteiger partial charge in [-0.15, -0.1) is 0 Å². The predicted molar refractivity (Wildman–Crippen MR) is 64.4 cm³/mol. The van der Waals surface area contributed by atoms with Gasteiger partial charge in [-0.05, 0) is 38.1 Å². The Bertz CT molecular complexity index is 539. The number of nitrogens with zero attached hydrogens (tertiary/aromatic N) is 2. The molecule has 88 valence electrons. The molecule has 0 spiro atoms. The molecule has 0 aliphatic heterocycles. The van der Waals surface area contributed by atoms with Gasteiger partial charge in [-0.1, -0.05) is 0 Å². The van der Waals surface area contributed by atoms with Crippen molar-refractivity contribution in [2.24, 2.45) is 0 Å². The summed E-state index contributed by atoms with van der Waals surface area (Å²) in [7, 11) is 1.36. The maximum atomic E-state index is 11.7. The van der Waals surface area contributed by atoms with Crippen molar-refractivity contribution in [2.75, 3.05) is 7.11 Å². The van der Waals surface area contributed by atoms with Gasteiger partial charge in [0.1, 0.15) is 0 Å². The summed E-state index contributed by atoms with van der Waals surface area (Å²) in [4.78, 5) is 15.7. The summed E-state index contributed by atoms with van der Waals surface area (Å²) >= 11 is 0. The molecule has 0 radical (unpaired) electrons. The molecule has 2 heterocycles. The molecule has 4 nitrogen and oxygen atoms in total. The average molecular weight is 230 g/mol. The van der Waals surface area contributed by atoms with Gasteiger partial charge < -0.3 is 9.30 Å². The van der Waals surface area contributed by atoms with E-state index in [-0.39, 0.29) is 0 Å². The third-order valence-corrected chi connectivity index (χ3v) is 2.68. The van der Waals surface area contributed by atoms with Crippen molar-refractivity contribution in [1.29, 1.82) is 0 Å². The van der Waals surface area contributed by atoms with Gasteiger partial charge in [0.25, 0.3) is 0 Å². The Balaban J connectivity index is 2.64. The number of rotatable bonds is 2. The summed E-state index contributed by atoms with van der Waals surface area (Å²) < 4.78 is 6.73. The number of ether oxygens (including phenoxy) is 1. The van der Waals surface area contributed by atoms with E-state index in [0.717, 1.165) is 17.1 Å². The summed E-state index contributed by atoms with van der Waals surface area (Å²) in [6.45, 7) is 3.97. The zero-order chi connectivity index (χ0) is 12.4. The third kappa shape index (κ3) is 1.93. The molecule has 4 heteroatoms. The lowest BCUT2D eigenvalue weighted by molar-refractivity contribution is 0.0594. The van der Waals surface area contributed by atoms with Gasteiger partial charge in [-0.25, -0.2) is 9.78 Å². The van der Waals surface area contributed by atoms with Crippen LogP contribution in [0.3, 0.4) is 0 Å². The van der Waals surface area contributed by atoms with E-state index < -0.39 is 5.97 Å². The van der Waals surface area contributed by atoms with Crippen LogP contribution in [0.25, 0.3) is 5.69 Å². The van der Waals surface area contributed by atoms with E-state index in [1.807, 2.05) is 36.6 Å². The van der Waals surface area contributed by atoms with Crippen LogP contribution in [-0.4, -0.2) is 22.6 Å². The first-order valence-corrected chi connectivity index (χ1v) is 5.34. The van der Waals surface area contributed by atoms with Crippen LogP contribution in [0.4, 0.5) is 0 Å². The van der Waals surface area contributed by atoms with Crippen LogP contribution < -0.4 is 0 Å². The molecule has 0 bridgehead atoms. The monoisotopic (exact) mass is 230 g/mol. The molecule has 0 atom stereocenters. The van der Waals surface area contributed by atoms with E-state index in [0.29, 0.717) is 5.69 Å². The summed E-state index contributed by atoms with van der Waals surface area (Å²) in [5.74, 6) is -0.423. The maximum absolute atomic E-state index is 11.7. The van der Waals surface area contributed by atoms with Crippen molar-refractivity contribution in [2.45, 2.75) is 13.8 Å². The van der Waals surface area contributed by atoms with Crippen LogP contribution >= 0.6 is 0 Å². The van der Waals surface area contributed by atoms with Crippen molar-refractivity contribution in [3.8, 4) is 5.69 Å². The number of aromatic nitrogens is 2. The fourth-order valence-corrected chi connectivity index (χ4v) is 1.88. The minimum absolute atomic E-state index is 0.331. The number of hydrogen-bond acceptors (Lipinski definition) is 3. The van der Waals surface area contributed by atoms with Crippen LogP contribution in [0, 0.1) is 13.8 Å². The summed E-state index contributed by atoms with van der Waals surface area (Å²) in [6.07, 6.45) is 1.59. The molecule has 2 rings (SSSR count). The van der Waals surface area contributed by atoms with Crippen molar-refractivity contribution in [1.82, 2.24) is 9.55 Å². The van der Waals surface area contributed by atoms with Gasteiger partial charge >= 0.3 is 5.97 Å². The normalized spacial score (nSPS) is 10.3. The van der Waals surface area contributed by atoms with Crippen molar-refractivity contribution < 1.29 is 9.53 Å². The highest BCUT2D eigenvalue weighted by atomic mass is 16.5. The molecule has 0 N–H and O–H groups in total. The fourth-order valence-electron chi connectivity index (χ4n) is 1.88. The van der Waals surface area contributed by atoms with Crippen LogP contribution in [0.15, 0.2) is 30.5 Å². The summed E-state index contributed by atoms with van der Waals surface area (Å²) in [5, 5.41) is 0. The molecule has 17 heavy (non-hydrogen) atoms. The number of esters is 1. The van der Waals surface area contributed by atoms with Crippen LogP contribution in [0.1, 0.15) is 21.9 Å². The van der Waals surface area contributed by atoms with Gasteiger partial charge in [0.05, 0.1) is 12.8 Å². The Labute approximate surface area is 99.9 Å². The highest BCUT2D eigenvalue weighted by molar-refractivity contribution is 5.91. The fraction of sp³-hybridized carbons (Fsp3) is 0.231. The zero-order valence-electron chi connectivity index (χ0n) is 10.1. The molecule has 0 saturated heterocycles. The number of hydrogen-bond donors (Lipinski definition) is 0. The van der Waals surface area contributed by atoms with Crippen molar-refractivity contribution >= 4 is 5.97 Å². The molecule has 0 fully saturated rings. The number of carbonyl (C=O) groups excluding carboxylic acids is 1. The highest BCUT2D eigenvalue weighted by Crippen LogP contribution is 2.19. The lowest BCUT2D eigenvalue weighted by Gasteiger charge is -2.12. The molecular formula is C13H14N2O2. The van der Waals surface area contributed by atoms with E-state index in [1.165, 1.54) is 7.11 Å². The van der Waals surface area contributed by atoms with E-state index in [9.17, 15) is 4.79 Å². The lowest BCUT2D eigenvalue weighted by Crippen LogP contribution is -2.11. The number of carbonyl (C=O) groups is 1. The summed E-state index contributed by atoms with van der Waals surface area (Å²) in [5.41, 5.74) is 3.19. The largest absolute Gasteiger partial charge is 0.464 e. The van der Waals surface area contributed by atoms with E-state index in [2.05, 4.69) is 4.98 Å². The Morgan fingerprint density at radius 1 is 1.24 bits per heavy atom. The maximum Gasteiger partial charge on any atom is 0.358 e. The van der Waals surface area contributed by atoms with Gasteiger partial charge in [0, 0.05) is 17.6 Å². The predicted octanol–water partition coefficient (Wildman–Crippen LogP) is 2.28. The molecule has 0 aliphatic rings. The second-order valence-electron chi connectivity index (χ2n) is 3.81. The molecule has 0 amide bonds. The highest BCUT2D eigenvalue weighted by Gasteiger charge is 2.16. The standard InChI is InChI=1S/C13H14N2O2/c1-9-6-7-10(2)15(9)11-5-4-8-14-12(11)13(16)17-3/h4-8H,1-3H3. The Hall–Kier alpha value is -2.10. The zero-order valence-corrected chi connectivity index (χ0v) is 10.1. The number of aryl methyl sites for hydroxylation is 2. The lowest BCUT2D eigenvalue weighted by atomic mass is 10.2. The average Bonchev–Trinajstić information content (AvgIpc) is 2.68. The third-order valence-electron chi connectivity index (χ3n) is 2.68. The molecule has 0 saturated carbocycles. The second kappa shape index (κ2) is 4.41. The van der Waals surface area contributed by atoms with Crippen LogP contribution in [0.2, 0.25) is 0 Å². The molecule has 2 aromatic rings. The Morgan fingerprint density at radius 3 is 2.47 bits per heavy atom. The van der Waals surface area contributed by atoms with Gasteiger partial charge in [-0.2, -0.15) is 0 Å². The number of pyridine rings is 1. The molecule has 0 aromatic carbocycles. The molecule has 0 unspecified atom stereocenters. The van der Waals surface area contributed by atoms with E-state index in [4.69, 9.17) is 4.74 Å². The minimum Gasteiger partial charge on any atom is -0.464 e. The van der Waals surface area contributed by atoms with E-state index in [1.54, 1.807) is 12.3 Å². The molecule has 2 aromatic heterocycles. The van der Waals surface area contributed by atoms with Crippen molar-refractivity contribution in [3.63, 3.8) is 0 Å². The number of methoxy groups -OCH3 is 1. The van der Waals surface area contributed by atoms with Crippen molar-refractivity contribution in [3.05, 3.63) is 47.5 Å². The SMILES string of the molecule is COC(=O)c1ncccc1-n1c(C)ccc1C. The first-order valence-electron chi connectivity index (χ1n) is 5.34. The first-order chi connectivity index (χ1) is 8.15. The first kappa shape index (κ1) is 11.4. The quantitative estimate of drug-likeness (QED) is 0.743. The molecular weight excluding hydrogens is 216 g/mol. The van der Waals surface area contributed by atoms with Gasteiger partial charge in [0.15, 0.2) is 5.69 Å². The van der Waals surface area contributed by atoms with Gasteiger partial charge in [-0.3, -0.25) is 0 Å². The molecule has 0 aliphatic carbocycles. The topological polar surface area (TPSA) is 44.1 Å². The smallest absolute Gasteiger partial charge is 0.358 e.